The minimum Gasteiger partial charge on any atom is -0.398 e. The minimum absolute atomic E-state index is 0.145. The molecule has 0 atom stereocenters. The maximum absolute atomic E-state index is 12.1. The van der Waals surface area contributed by atoms with Crippen LogP contribution in [0, 0.1) is 5.41 Å². The number of anilines is 1. The molecule has 1 saturated heterocycles. The molecule has 0 unspecified atom stereocenters. The molecule has 18 heavy (non-hydrogen) atoms. The van der Waals surface area contributed by atoms with Crippen LogP contribution in [-0.4, -0.2) is 16.7 Å². The third kappa shape index (κ3) is 2.08. The number of hydrogen-bond acceptors (Lipinski definition) is 3. The summed E-state index contributed by atoms with van der Waals surface area (Å²) in [5, 5.41) is 0.473. The normalized spacial score (nSPS) is 18.5. The van der Waals surface area contributed by atoms with Crippen LogP contribution in [0.15, 0.2) is 18.2 Å². The van der Waals surface area contributed by atoms with Crippen molar-refractivity contribution < 1.29 is 9.59 Å². The van der Waals surface area contributed by atoms with Gasteiger partial charge in [-0.25, -0.2) is 0 Å². The van der Waals surface area contributed by atoms with Gasteiger partial charge in [-0.1, -0.05) is 31.5 Å². The molecular formula is C13H15ClN2O2. The maximum Gasteiger partial charge on any atom is 0.235 e. The standard InChI is InChI=1S/C13H15ClN2O2/c1-13(2)6-11(17)16(12(13)18)7-8-9(14)4-3-5-10(8)15/h3-5H,6-7,15H2,1-2H3. The SMILES string of the molecule is CC1(C)CC(=O)N(Cc2c(N)cccc2Cl)C1=O. The van der Waals surface area contributed by atoms with E-state index in [1.807, 2.05) is 0 Å². The highest BCUT2D eigenvalue weighted by atomic mass is 35.5. The van der Waals surface area contributed by atoms with Crippen molar-refractivity contribution >= 4 is 29.1 Å². The van der Waals surface area contributed by atoms with Crippen LogP contribution in [0.1, 0.15) is 25.8 Å². The molecule has 96 valence electrons. The quantitative estimate of drug-likeness (QED) is 0.659. The van der Waals surface area contributed by atoms with Crippen molar-refractivity contribution in [1.29, 1.82) is 0 Å². The second-order valence-corrected chi connectivity index (χ2v) is 5.56. The minimum atomic E-state index is -0.632. The first-order valence-corrected chi connectivity index (χ1v) is 6.08. The van der Waals surface area contributed by atoms with Gasteiger partial charge in [0.25, 0.3) is 0 Å². The van der Waals surface area contributed by atoms with Crippen molar-refractivity contribution in [3.8, 4) is 0 Å². The highest BCUT2D eigenvalue weighted by Crippen LogP contribution is 2.34. The molecule has 0 saturated carbocycles. The Morgan fingerprint density at radius 3 is 2.56 bits per heavy atom. The van der Waals surface area contributed by atoms with Crippen LogP contribution in [0.4, 0.5) is 5.69 Å². The van der Waals surface area contributed by atoms with Gasteiger partial charge in [0.2, 0.25) is 11.8 Å². The van der Waals surface area contributed by atoms with Crippen LogP contribution < -0.4 is 5.73 Å². The lowest BCUT2D eigenvalue weighted by Gasteiger charge is -2.19. The summed E-state index contributed by atoms with van der Waals surface area (Å²) in [5.41, 5.74) is 6.31. The van der Waals surface area contributed by atoms with Crippen molar-refractivity contribution in [3.05, 3.63) is 28.8 Å². The van der Waals surface area contributed by atoms with E-state index < -0.39 is 5.41 Å². The molecule has 2 N–H and O–H groups in total. The Balaban J connectivity index is 2.30. The summed E-state index contributed by atoms with van der Waals surface area (Å²) in [6.45, 7) is 3.68. The van der Waals surface area contributed by atoms with Gasteiger partial charge >= 0.3 is 0 Å². The van der Waals surface area contributed by atoms with E-state index in [-0.39, 0.29) is 24.8 Å². The number of rotatable bonds is 2. The maximum atomic E-state index is 12.1. The van der Waals surface area contributed by atoms with Crippen LogP contribution in [0.5, 0.6) is 0 Å². The smallest absolute Gasteiger partial charge is 0.235 e. The fourth-order valence-electron chi connectivity index (χ4n) is 2.09. The first-order valence-electron chi connectivity index (χ1n) is 5.70. The largest absolute Gasteiger partial charge is 0.398 e. The number of nitrogens with two attached hydrogens (primary N) is 1. The highest BCUT2D eigenvalue weighted by molar-refractivity contribution is 6.31. The van der Waals surface area contributed by atoms with Crippen molar-refractivity contribution in [2.45, 2.75) is 26.8 Å². The van der Waals surface area contributed by atoms with Crippen molar-refractivity contribution in [3.63, 3.8) is 0 Å². The summed E-state index contributed by atoms with van der Waals surface area (Å²) in [4.78, 5) is 25.2. The van der Waals surface area contributed by atoms with Gasteiger partial charge in [-0.05, 0) is 12.1 Å². The monoisotopic (exact) mass is 266 g/mol. The number of benzene rings is 1. The molecule has 0 aromatic heterocycles. The van der Waals surface area contributed by atoms with E-state index in [9.17, 15) is 9.59 Å². The number of hydrogen-bond donors (Lipinski definition) is 1. The molecule has 0 radical (unpaired) electrons. The Bertz CT molecular complexity index is 505. The Hall–Kier alpha value is -1.55. The van der Waals surface area contributed by atoms with Gasteiger partial charge in [0.05, 0.1) is 12.0 Å². The third-order valence-electron chi connectivity index (χ3n) is 3.19. The predicted octanol–water partition coefficient (Wildman–Crippen LogP) is 2.21. The van der Waals surface area contributed by atoms with Gasteiger partial charge in [-0.15, -0.1) is 0 Å². The second kappa shape index (κ2) is 4.28. The van der Waals surface area contributed by atoms with E-state index in [1.165, 1.54) is 4.90 Å². The van der Waals surface area contributed by atoms with E-state index in [0.717, 1.165) is 0 Å². The molecule has 4 nitrogen and oxygen atoms in total. The Morgan fingerprint density at radius 2 is 2.06 bits per heavy atom. The number of halogens is 1. The summed E-state index contributed by atoms with van der Waals surface area (Å²) >= 11 is 6.05. The molecule has 1 aromatic carbocycles. The fraction of sp³-hybridized carbons (Fsp3) is 0.385. The third-order valence-corrected chi connectivity index (χ3v) is 3.54. The molecule has 0 bridgehead atoms. The molecule has 2 amide bonds. The number of amides is 2. The molecule has 2 rings (SSSR count). The zero-order chi connectivity index (χ0) is 13.5. The number of nitrogens with zero attached hydrogens (tertiary/aromatic N) is 1. The zero-order valence-electron chi connectivity index (χ0n) is 10.4. The van der Waals surface area contributed by atoms with E-state index in [2.05, 4.69) is 0 Å². The summed E-state index contributed by atoms with van der Waals surface area (Å²) in [7, 11) is 0. The van der Waals surface area contributed by atoms with Crippen LogP contribution in [0.2, 0.25) is 5.02 Å². The fourth-order valence-corrected chi connectivity index (χ4v) is 2.33. The van der Waals surface area contributed by atoms with Crippen molar-refractivity contribution in [1.82, 2.24) is 4.90 Å². The number of carbonyl (C=O) groups is 2. The average molecular weight is 267 g/mol. The molecule has 1 aliphatic rings. The lowest BCUT2D eigenvalue weighted by Crippen LogP contribution is -2.32. The van der Waals surface area contributed by atoms with Gasteiger partial charge < -0.3 is 5.73 Å². The summed E-state index contributed by atoms with van der Waals surface area (Å²) in [6, 6.07) is 5.14. The highest BCUT2D eigenvalue weighted by Gasteiger charge is 2.44. The molecule has 0 spiro atoms. The summed E-state index contributed by atoms with van der Waals surface area (Å²) in [5.74, 6) is -0.351. The van der Waals surface area contributed by atoms with Crippen molar-refractivity contribution in [2.75, 3.05) is 5.73 Å². The molecule has 5 heteroatoms. The number of imide groups is 1. The lowest BCUT2D eigenvalue weighted by atomic mass is 9.92. The Kier molecular flexibility index (Phi) is 3.07. The zero-order valence-corrected chi connectivity index (χ0v) is 11.1. The second-order valence-electron chi connectivity index (χ2n) is 5.15. The van der Waals surface area contributed by atoms with E-state index in [0.29, 0.717) is 16.3 Å². The van der Waals surface area contributed by atoms with Crippen LogP contribution >= 0.6 is 11.6 Å². The number of nitrogen functional groups attached to an aromatic ring is 1. The number of likely N-dealkylation sites (tertiary alicyclic amines) is 1. The van der Waals surface area contributed by atoms with Crippen LogP contribution in [0.25, 0.3) is 0 Å². The van der Waals surface area contributed by atoms with Crippen LogP contribution in [-0.2, 0) is 16.1 Å². The molecule has 1 aliphatic heterocycles. The molecule has 1 fully saturated rings. The van der Waals surface area contributed by atoms with E-state index in [1.54, 1.807) is 32.0 Å². The van der Waals surface area contributed by atoms with Crippen molar-refractivity contribution in [2.24, 2.45) is 5.41 Å². The number of carbonyl (C=O) groups excluding carboxylic acids is 2. The first kappa shape index (κ1) is 12.9. The topological polar surface area (TPSA) is 63.4 Å². The predicted molar refractivity (Wildman–Crippen MR) is 69.8 cm³/mol. The van der Waals surface area contributed by atoms with Gasteiger partial charge in [0.15, 0.2) is 0 Å². The Morgan fingerprint density at radius 1 is 1.39 bits per heavy atom. The lowest BCUT2D eigenvalue weighted by molar-refractivity contribution is -0.141. The molecular weight excluding hydrogens is 252 g/mol. The van der Waals surface area contributed by atoms with E-state index >= 15 is 0 Å². The summed E-state index contributed by atoms with van der Waals surface area (Å²) in [6.07, 6.45) is 0.232. The van der Waals surface area contributed by atoms with Gasteiger partial charge in [-0.3, -0.25) is 14.5 Å². The van der Waals surface area contributed by atoms with E-state index in [4.69, 9.17) is 17.3 Å². The average Bonchev–Trinajstić information content (AvgIpc) is 2.45. The van der Waals surface area contributed by atoms with Gasteiger partial charge in [0, 0.05) is 22.7 Å². The first-order chi connectivity index (χ1) is 8.33. The van der Waals surface area contributed by atoms with Gasteiger partial charge in [0.1, 0.15) is 0 Å². The summed E-state index contributed by atoms with van der Waals surface area (Å²) < 4.78 is 0. The molecule has 1 aromatic rings. The Labute approximate surface area is 111 Å². The van der Waals surface area contributed by atoms with Gasteiger partial charge in [-0.2, -0.15) is 0 Å². The molecule has 0 aliphatic carbocycles. The molecule has 1 heterocycles. The van der Waals surface area contributed by atoms with Crippen LogP contribution in [0.3, 0.4) is 0 Å².